The lowest BCUT2D eigenvalue weighted by molar-refractivity contribution is -0.115. The average molecular weight is 310 g/mol. The monoisotopic (exact) mass is 309 g/mol. The predicted molar refractivity (Wildman–Crippen MR) is 81.8 cm³/mol. The molecule has 2 rings (SSSR count). The van der Waals surface area contributed by atoms with Crippen LogP contribution < -0.4 is 10.1 Å². The molecule has 104 valence electrons. The molecule has 1 N–H and O–H groups in total. The number of hydrogen-bond acceptors (Lipinski definition) is 2. The van der Waals surface area contributed by atoms with Gasteiger partial charge in [-0.05, 0) is 29.8 Å². The number of halogens is 2. The number of amides is 1. The Hall–Kier alpha value is -1.71. The quantitative estimate of drug-likeness (QED) is 0.920. The van der Waals surface area contributed by atoms with Gasteiger partial charge in [-0.15, -0.1) is 0 Å². The summed E-state index contributed by atoms with van der Waals surface area (Å²) in [5.74, 6) is 0.603. The lowest BCUT2D eigenvalue weighted by Gasteiger charge is -2.08. The van der Waals surface area contributed by atoms with Crippen molar-refractivity contribution in [3.63, 3.8) is 0 Å². The Balaban J connectivity index is 2.03. The molecule has 0 spiro atoms. The molecule has 0 aliphatic heterocycles. The molecule has 0 unspecified atom stereocenters. The summed E-state index contributed by atoms with van der Waals surface area (Å²) >= 11 is 11.9. The van der Waals surface area contributed by atoms with Gasteiger partial charge in [-0.1, -0.05) is 41.4 Å². The highest BCUT2D eigenvalue weighted by atomic mass is 35.5. The molecule has 0 saturated heterocycles. The molecule has 0 aliphatic rings. The first-order chi connectivity index (χ1) is 9.60. The summed E-state index contributed by atoms with van der Waals surface area (Å²) in [5, 5.41) is 3.50. The van der Waals surface area contributed by atoms with Crippen molar-refractivity contribution >= 4 is 34.8 Å². The molecule has 0 saturated carbocycles. The van der Waals surface area contributed by atoms with E-state index in [-0.39, 0.29) is 12.3 Å². The molecular formula is C15H13Cl2NO2. The fraction of sp³-hybridized carbons (Fsp3) is 0.133. The molecule has 0 aliphatic carbocycles. The molecule has 1 amide bonds. The molecule has 3 nitrogen and oxygen atoms in total. The summed E-state index contributed by atoms with van der Waals surface area (Å²) in [6, 6.07) is 12.4. The topological polar surface area (TPSA) is 38.3 Å². The van der Waals surface area contributed by atoms with Gasteiger partial charge in [0.2, 0.25) is 5.91 Å². The second kappa shape index (κ2) is 6.64. The van der Waals surface area contributed by atoms with Crippen LogP contribution in [0.2, 0.25) is 10.0 Å². The van der Waals surface area contributed by atoms with Gasteiger partial charge in [-0.3, -0.25) is 4.79 Å². The van der Waals surface area contributed by atoms with E-state index in [2.05, 4.69) is 5.32 Å². The third-order valence-corrected chi connectivity index (χ3v) is 3.57. The molecule has 5 heteroatoms. The molecule has 0 fully saturated rings. The maximum absolute atomic E-state index is 12.0. The summed E-state index contributed by atoms with van der Waals surface area (Å²) in [6.45, 7) is 0. The first-order valence-electron chi connectivity index (χ1n) is 5.97. The minimum atomic E-state index is -0.153. The normalized spacial score (nSPS) is 10.2. The molecular weight excluding hydrogens is 297 g/mol. The van der Waals surface area contributed by atoms with Crippen LogP contribution in [0.15, 0.2) is 42.5 Å². The van der Waals surface area contributed by atoms with Crippen molar-refractivity contribution < 1.29 is 9.53 Å². The van der Waals surface area contributed by atoms with Gasteiger partial charge in [-0.2, -0.15) is 0 Å². The summed E-state index contributed by atoms with van der Waals surface area (Å²) in [6.07, 6.45) is 0.257. The van der Waals surface area contributed by atoms with Gasteiger partial charge in [0, 0.05) is 0 Å². The minimum absolute atomic E-state index is 0.153. The fourth-order valence-electron chi connectivity index (χ4n) is 1.72. The highest BCUT2D eigenvalue weighted by Gasteiger charge is 2.09. The van der Waals surface area contributed by atoms with E-state index >= 15 is 0 Å². The number of carbonyl (C=O) groups is 1. The van der Waals surface area contributed by atoms with Crippen molar-refractivity contribution in [1.29, 1.82) is 0 Å². The van der Waals surface area contributed by atoms with Gasteiger partial charge in [-0.25, -0.2) is 0 Å². The highest BCUT2D eigenvalue weighted by molar-refractivity contribution is 6.43. The molecule has 2 aromatic carbocycles. The summed E-state index contributed by atoms with van der Waals surface area (Å²) < 4.78 is 5.07. The number of anilines is 1. The van der Waals surface area contributed by atoms with Crippen LogP contribution in [-0.2, 0) is 11.2 Å². The molecule has 0 radical (unpaired) electrons. The van der Waals surface area contributed by atoms with Crippen LogP contribution in [0.25, 0.3) is 0 Å². The first kappa shape index (κ1) is 14.7. The van der Waals surface area contributed by atoms with Crippen molar-refractivity contribution in [3.8, 4) is 5.75 Å². The third-order valence-electron chi connectivity index (χ3n) is 2.75. The summed E-state index contributed by atoms with van der Waals surface area (Å²) in [7, 11) is 1.60. The van der Waals surface area contributed by atoms with E-state index in [1.54, 1.807) is 25.3 Å². The molecule has 0 bridgehead atoms. The Kier molecular flexibility index (Phi) is 4.88. The number of hydrogen-bond donors (Lipinski definition) is 1. The van der Waals surface area contributed by atoms with Crippen molar-refractivity contribution in [2.45, 2.75) is 6.42 Å². The molecule has 0 heterocycles. The van der Waals surface area contributed by atoms with Gasteiger partial charge in [0.25, 0.3) is 0 Å². The largest absolute Gasteiger partial charge is 0.497 e. The van der Waals surface area contributed by atoms with Crippen LogP contribution >= 0.6 is 23.2 Å². The van der Waals surface area contributed by atoms with Crippen LogP contribution in [0.1, 0.15) is 5.56 Å². The Morgan fingerprint density at radius 2 is 1.85 bits per heavy atom. The number of carbonyl (C=O) groups excluding carboxylic acids is 1. The van der Waals surface area contributed by atoms with Gasteiger partial charge < -0.3 is 10.1 Å². The Bertz CT molecular complexity index is 612. The second-order valence-electron chi connectivity index (χ2n) is 4.17. The van der Waals surface area contributed by atoms with E-state index in [9.17, 15) is 4.79 Å². The highest BCUT2D eigenvalue weighted by Crippen LogP contribution is 2.29. The number of nitrogens with one attached hydrogen (secondary N) is 1. The number of rotatable bonds is 4. The second-order valence-corrected chi connectivity index (χ2v) is 4.96. The third kappa shape index (κ3) is 3.65. The summed E-state index contributed by atoms with van der Waals surface area (Å²) in [5.41, 5.74) is 1.40. The van der Waals surface area contributed by atoms with E-state index in [0.29, 0.717) is 15.7 Å². The van der Waals surface area contributed by atoms with Crippen LogP contribution in [0.3, 0.4) is 0 Å². The van der Waals surface area contributed by atoms with Gasteiger partial charge in [0.05, 0.1) is 29.3 Å². The van der Waals surface area contributed by atoms with Crippen molar-refractivity contribution in [1.82, 2.24) is 0 Å². The average Bonchev–Trinajstić information content (AvgIpc) is 2.45. The predicted octanol–water partition coefficient (Wildman–Crippen LogP) is 4.18. The van der Waals surface area contributed by atoms with Crippen LogP contribution in [0, 0.1) is 0 Å². The number of methoxy groups -OCH3 is 1. The van der Waals surface area contributed by atoms with E-state index in [1.807, 2.05) is 24.3 Å². The standard InChI is InChI=1S/C15H13Cl2NO2/c1-20-11-7-5-10(6-8-11)9-14(19)18-13-4-2-3-12(16)15(13)17/h2-8H,9H2,1H3,(H,18,19). The SMILES string of the molecule is COc1ccc(CC(=O)Nc2cccc(Cl)c2Cl)cc1. The van der Waals surface area contributed by atoms with Gasteiger partial charge in [0.15, 0.2) is 0 Å². The van der Waals surface area contributed by atoms with Gasteiger partial charge in [0.1, 0.15) is 5.75 Å². The zero-order valence-electron chi connectivity index (χ0n) is 10.8. The van der Waals surface area contributed by atoms with E-state index in [1.165, 1.54) is 0 Å². The minimum Gasteiger partial charge on any atom is -0.497 e. The van der Waals surface area contributed by atoms with Crippen LogP contribution in [0.4, 0.5) is 5.69 Å². The Morgan fingerprint density at radius 3 is 2.50 bits per heavy atom. The van der Waals surface area contributed by atoms with E-state index in [4.69, 9.17) is 27.9 Å². The van der Waals surface area contributed by atoms with Crippen molar-refractivity contribution in [2.24, 2.45) is 0 Å². The van der Waals surface area contributed by atoms with E-state index in [0.717, 1.165) is 11.3 Å². The summed E-state index contributed by atoms with van der Waals surface area (Å²) in [4.78, 5) is 12.0. The number of benzene rings is 2. The maximum Gasteiger partial charge on any atom is 0.228 e. The zero-order chi connectivity index (χ0) is 14.5. The van der Waals surface area contributed by atoms with Gasteiger partial charge >= 0.3 is 0 Å². The van der Waals surface area contributed by atoms with Crippen LogP contribution in [-0.4, -0.2) is 13.0 Å². The lowest BCUT2D eigenvalue weighted by atomic mass is 10.1. The Labute approximate surface area is 127 Å². The first-order valence-corrected chi connectivity index (χ1v) is 6.72. The molecule has 20 heavy (non-hydrogen) atoms. The van der Waals surface area contributed by atoms with Crippen LogP contribution in [0.5, 0.6) is 5.75 Å². The maximum atomic E-state index is 12.0. The molecule has 0 aromatic heterocycles. The van der Waals surface area contributed by atoms with Crippen molar-refractivity contribution in [2.75, 3.05) is 12.4 Å². The fourth-order valence-corrected chi connectivity index (χ4v) is 2.07. The zero-order valence-corrected chi connectivity index (χ0v) is 12.3. The smallest absolute Gasteiger partial charge is 0.228 e. The lowest BCUT2D eigenvalue weighted by Crippen LogP contribution is -2.14. The Morgan fingerprint density at radius 1 is 1.15 bits per heavy atom. The molecule has 2 aromatic rings. The van der Waals surface area contributed by atoms with Crippen molar-refractivity contribution in [3.05, 3.63) is 58.1 Å². The molecule has 0 atom stereocenters. The van der Waals surface area contributed by atoms with E-state index < -0.39 is 0 Å². The number of ether oxygens (including phenoxy) is 1.